The Morgan fingerprint density at radius 1 is 1.47 bits per heavy atom. The molecule has 0 radical (unpaired) electrons. The van der Waals surface area contributed by atoms with E-state index in [1.807, 2.05) is 6.07 Å². The summed E-state index contributed by atoms with van der Waals surface area (Å²) in [6.45, 7) is 8.68. The van der Waals surface area contributed by atoms with E-state index in [9.17, 15) is 4.79 Å². The van der Waals surface area contributed by atoms with E-state index in [1.165, 1.54) is 0 Å². The average Bonchev–Trinajstić information content (AvgIpc) is 2.65. The molecule has 0 aromatic carbocycles. The Bertz CT molecular complexity index is 371. The van der Waals surface area contributed by atoms with Crippen molar-refractivity contribution in [3.05, 3.63) is 23.2 Å². The second-order valence-electron chi connectivity index (χ2n) is 4.25. The molecular formula is C13H21NO3. The average molecular weight is 239 g/mol. The summed E-state index contributed by atoms with van der Waals surface area (Å²) in [7, 11) is 0. The molecule has 0 saturated carbocycles. The van der Waals surface area contributed by atoms with E-state index in [1.54, 1.807) is 6.92 Å². The lowest BCUT2D eigenvalue weighted by Gasteiger charge is -2.18. The van der Waals surface area contributed by atoms with Crippen LogP contribution in [0.5, 0.6) is 0 Å². The Morgan fingerprint density at radius 2 is 2.18 bits per heavy atom. The molecule has 4 nitrogen and oxygen atoms in total. The van der Waals surface area contributed by atoms with E-state index in [4.69, 9.17) is 9.52 Å². The fourth-order valence-electron chi connectivity index (χ4n) is 1.79. The summed E-state index contributed by atoms with van der Waals surface area (Å²) in [6.07, 6.45) is 2.31. The van der Waals surface area contributed by atoms with E-state index >= 15 is 0 Å². The van der Waals surface area contributed by atoms with E-state index in [0.29, 0.717) is 12.1 Å². The van der Waals surface area contributed by atoms with Crippen molar-refractivity contribution in [1.29, 1.82) is 0 Å². The minimum Gasteiger partial charge on any atom is -0.475 e. The smallest absolute Gasteiger partial charge is 0.372 e. The molecular weight excluding hydrogens is 218 g/mol. The van der Waals surface area contributed by atoms with Gasteiger partial charge in [-0.1, -0.05) is 20.3 Å². The van der Waals surface area contributed by atoms with Crippen LogP contribution in [0.3, 0.4) is 0 Å². The second-order valence-corrected chi connectivity index (χ2v) is 4.25. The summed E-state index contributed by atoms with van der Waals surface area (Å²) in [5.41, 5.74) is 0.694. The molecule has 1 rings (SSSR count). The summed E-state index contributed by atoms with van der Waals surface area (Å²) in [4.78, 5) is 13.1. The van der Waals surface area contributed by atoms with Crippen LogP contribution >= 0.6 is 0 Å². The van der Waals surface area contributed by atoms with Crippen LogP contribution in [0.2, 0.25) is 0 Å². The summed E-state index contributed by atoms with van der Waals surface area (Å²) in [5, 5.41) is 8.90. The van der Waals surface area contributed by atoms with Gasteiger partial charge in [0, 0.05) is 5.56 Å². The van der Waals surface area contributed by atoms with E-state index in [0.717, 1.165) is 31.7 Å². The van der Waals surface area contributed by atoms with Gasteiger partial charge in [0.25, 0.3) is 0 Å². The zero-order valence-corrected chi connectivity index (χ0v) is 10.8. The molecule has 0 atom stereocenters. The molecule has 96 valence electrons. The third-order valence-electron chi connectivity index (χ3n) is 2.82. The molecule has 1 aromatic rings. The lowest BCUT2D eigenvalue weighted by atomic mass is 10.2. The SMILES string of the molecule is CCCCN(CC)Cc1cc(C)c(C(=O)O)o1. The number of hydrogen-bond acceptors (Lipinski definition) is 3. The molecule has 0 spiro atoms. The maximum atomic E-state index is 10.9. The number of carbonyl (C=O) groups is 1. The summed E-state index contributed by atoms with van der Waals surface area (Å²) < 4.78 is 5.35. The van der Waals surface area contributed by atoms with Crippen LogP contribution in [0.15, 0.2) is 10.5 Å². The number of carboxylic acid groups (broad SMARTS) is 1. The molecule has 0 aliphatic carbocycles. The number of unbranched alkanes of at least 4 members (excludes halogenated alkanes) is 1. The number of nitrogens with zero attached hydrogens (tertiary/aromatic N) is 1. The minimum absolute atomic E-state index is 0.0616. The van der Waals surface area contributed by atoms with Crippen LogP contribution in [0.4, 0.5) is 0 Å². The van der Waals surface area contributed by atoms with Gasteiger partial charge in [-0.05, 0) is 32.5 Å². The van der Waals surface area contributed by atoms with Gasteiger partial charge in [-0.15, -0.1) is 0 Å². The number of hydrogen-bond donors (Lipinski definition) is 1. The fraction of sp³-hybridized carbons (Fsp3) is 0.615. The lowest BCUT2D eigenvalue weighted by Crippen LogP contribution is -2.23. The Kier molecular flexibility index (Phi) is 5.22. The van der Waals surface area contributed by atoms with Gasteiger partial charge < -0.3 is 9.52 Å². The van der Waals surface area contributed by atoms with Crippen molar-refractivity contribution in [2.24, 2.45) is 0 Å². The van der Waals surface area contributed by atoms with Crippen molar-refractivity contribution in [2.75, 3.05) is 13.1 Å². The first-order valence-electron chi connectivity index (χ1n) is 6.13. The van der Waals surface area contributed by atoms with Crippen molar-refractivity contribution in [3.63, 3.8) is 0 Å². The molecule has 0 aliphatic heterocycles. The number of furan rings is 1. The number of aryl methyl sites for hydroxylation is 1. The molecule has 4 heteroatoms. The van der Waals surface area contributed by atoms with E-state index in [2.05, 4.69) is 18.7 Å². The largest absolute Gasteiger partial charge is 0.475 e. The second kappa shape index (κ2) is 6.45. The van der Waals surface area contributed by atoms with Crippen molar-refractivity contribution in [1.82, 2.24) is 4.90 Å². The maximum absolute atomic E-state index is 10.9. The molecule has 1 aromatic heterocycles. The third kappa shape index (κ3) is 3.89. The van der Waals surface area contributed by atoms with Crippen molar-refractivity contribution >= 4 is 5.97 Å². The first-order valence-corrected chi connectivity index (χ1v) is 6.13. The van der Waals surface area contributed by atoms with Crippen LogP contribution < -0.4 is 0 Å². The number of rotatable bonds is 7. The Balaban J connectivity index is 2.66. The van der Waals surface area contributed by atoms with Gasteiger partial charge in [0.1, 0.15) is 5.76 Å². The third-order valence-corrected chi connectivity index (χ3v) is 2.82. The van der Waals surface area contributed by atoms with Crippen molar-refractivity contribution < 1.29 is 14.3 Å². The fourth-order valence-corrected chi connectivity index (χ4v) is 1.79. The van der Waals surface area contributed by atoms with Gasteiger partial charge >= 0.3 is 5.97 Å². The Hall–Kier alpha value is -1.29. The summed E-state index contributed by atoms with van der Waals surface area (Å²) in [5.74, 6) is -0.199. The molecule has 17 heavy (non-hydrogen) atoms. The molecule has 0 saturated heterocycles. The highest BCUT2D eigenvalue weighted by Gasteiger charge is 2.15. The van der Waals surface area contributed by atoms with Crippen LogP contribution in [0.25, 0.3) is 0 Å². The van der Waals surface area contributed by atoms with Gasteiger partial charge in [-0.2, -0.15) is 0 Å². The van der Waals surface area contributed by atoms with Crippen LogP contribution in [0, 0.1) is 6.92 Å². The summed E-state index contributed by atoms with van der Waals surface area (Å²) in [6, 6.07) is 1.82. The molecule has 0 bridgehead atoms. The number of aromatic carboxylic acids is 1. The Morgan fingerprint density at radius 3 is 2.65 bits per heavy atom. The molecule has 1 N–H and O–H groups in total. The molecule has 0 amide bonds. The quantitative estimate of drug-likeness (QED) is 0.795. The van der Waals surface area contributed by atoms with Gasteiger partial charge in [-0.25, -0.2) is 4.79 Å². The highest BCUT2D eigenvalue weighted by Crippen LogP contribution is 2.16. The number of carboxylic acids is 1. The van der Waals surface area contributed by atoms with Crippen LogP contribution in [-0.2, 0) is 6.54 Å². The van der Waals surface area contributed by atoms with E-state index < -0.39 is 5.97 Å². The Labute approximate surface area is 102 Å². The van der Waals surface area contributed by atoms with Gasteiger partial charge in [-0.3, -0.25) is 4.90 Å². The summed E-state index contributed by atoms with van der Waals surface area (Å²) >= 11 is 0. The van der Waals surface area contributed by atoms with Crippen LogP contribution in [-0.4, -0.2) is 29.1 Å². The zero-order chi connectivity index (χ0) is 12.8. The molecule has 0 unspecified atom stereocenters. The predicted octanol–water partition coefficient (Wildman–Crippen LogP) is 2.91. The maximum Gasteiger partial charge on any atom is 0.372 e. The van der Waals surface area contributed by atoms with Crippen LogP contribution in [0.1, 0.15) is 48.6 Å². The first-order chi connectivity index (χ1) is 8.08. The monoisotopic (exact) mass is 239 g/mol. The lowest BCUT2D eigenvalue weighted by molar-refractivity contribution is 0.0657. The van der Waals surface area contributed by atoms with Gasteiger partial charge in [0.15, 0.2) is 0 Å². The first kappa shape index (κ1) is 13.8. The molecule has 0 fully saturated rings. The molecule has 1 heterocycles. The highest BCUT2D eigenvalue weighted by molar-refractivity contribution is 5.86. The standard InChI is InChI=1S/C13H21NO3/c1-4-6-7-14(5-2)9-11-8-10(3)12(17-11)13(15)16/h8H,4-7,9H2,1-3H3,(H,15,16). The minimum atomic E-state index is -0.995. The van der Waals surface area contributed by atoms with Gasteiger partial charge in [0.2, 0.25) is 5.76 Å². The predicted molar refractivity (Wildman–Crippen MR) is 66.3 cm³/mol. The van der Waals surface area contributed by atoms with Crippen molar-refractivity contribution in [3.8, 4) is 0 Å². The van der Waals surface area contributed by atoms with Gasteiger partial charge in [0.05, 0.1) is 6.54 Å². The topological polar surface area (TPSA) is 53.7 Å². The molecule has 0 aliphatic rings. The van der Waals surface area contributed by atoms with E-state index in [-0.39, 0.29) is 5.76 Å². The highest BCUT2D eigenvalue weighted by atomic mass is 16.4. The normalized spacial score (nSPS) is 11.1. The van der Waals surface area contributed by atoms with Crippen molar-refractivity contribution in [2.45, 2.75) is 40.2 Å². The zero-order valence-electron chi connectivity index (χ0n) is 10.8.